The van der Waals surface area contributed by atoms with Crippen LogP contribution in [0.15, 0.2) is 24.3 Å². The Bertz CT molecular complexity index is 610. The Morgan fingerprint density at radius 3 is 2.28 bits per heavy atom. The Labute approximate surface area is 146 Å². The minimum atomic E-state index is -0.393. The van der Waals surface area contributed by atoms with Crippen molar-refractivity contribution < 1.29 is 18.8 Å². The van der Waals surface area contributed by atoms with Gasteiger partial charge in [-0.15, -0.1) is 0 Å². The fraction of sp³-hybridized carbons (Fsp3) is 0.500. The summed E-state index contributed by atoms with van der Waals surface area (Å²) in [6, 6.07) is 5.28. The quantitative estimate of drug-likeness (QED) is 0.761. The molecule has 2 rings (SSSR count). The minimum Gasteiger partial charge on any atom is -0.354 e. The van der Waals surface area contributed by atoms with Crippen molar-refractivity contribution in [2.45, 2.75) is 26.2 Å². The monoisotopic (exact) mass is 349 g/mol. The molecule has 136 valence electrons. The van der Waals surface area contributed by atoms with Crippen molar-refractivity contribution in [3.63, 3.8) is 0 Å². The van der Waals surface area contributed by atoms with Gasteiger partial charge in [-0.2, -0.15) is 0 Å². The summed E-state index contributed by atoms with van der Waals surface area (Å²) in [5, 5.41) is 5.49. The van der Waals surface area contributed by atoms with Crippen LogP contribution in [-0.4, -0.2) is 48.8 Å². The topological polar surface area (TPSA) is 78.5 Å². The Morgan fingerprint density at radius 2 is 1.68 bits per heavy atom. The molecule has 0 atom stereocenters. The maximum absolute atomic E-state index is 12.8. The summed E-state index contributed by atoms with van der Waals surface area (Å²) in [6.45, 7) is 3.70. The average molecular weight is 349 g/mol. The summed E-state index contributed by atoms with van der Waals surface area (Å²) < 4.78 is 12.8. The van der Waals surface area contributed by atoms with E-state index in [9.17, 15) is 18.8 Å². The third-order valence-electron chi connectivity index (χ3n) is 4.34. The maximum Gasteiger partial charge on any atom is 0.251 e. The summed E-state index contributed by atoms with van der Waals surface area (Å²) in [5.41, 5.74) is 0.376. The van der Waals surface area contributed by atoms with Gasteiger partial charge in [-0.25, -0.2) is 4.39 Å². The molecular weight excluding hydrogens is 325 g/mol. The van der Waals surface area contributed by atoms with Crippen molar-refractivity contribution in [2.75, 3.05) is 26.2 Å². The van der Waals surface area contributed by atoms with E-state index in [-0.39, 0.29) is 23.6 Å². The summed E-state index contributed by atoms with van der Waals surface area (Å²) >= 11 is 0. The van der Waals surface area contributed by atoms with E-state index in [1.54, 1.807) is 4.90 Å². The molecule has 6 nitrogen and oxygen atoms in total. The van der Waals surface area contributed by atoms with Crippen LogP contribution in [0.25, 0.3) is 0 Å². The molecule has 1 aromatic rings. The first-order chi connectivity index (χ1) is 12.0. The van der Waals surface area contributed by atoms with Crippen LogP contribution in [0, 0.1) is 11.7 Å². The molecule has 0 saturated carbocycles. The zero-order valence-corrected chi connectivity index (χ0v) is 14.4. The zero-order chi connectivity index (χ0) is 18.2. The van der Waals surface area contributed by atoms with E-state index in [2.05, 4.69) is 10.6 Å². The molecule has 1 saturated heterocycles. The Morgan fingerprint density at radius 1 is 1.08 bits per heavy atom. The molecule has 1 aromatic carbocycles. The first-order valence-corrected chi connectivity index (χ1v) is 8.60. The summed E-state index contributed by atoms with van der Waals surface area (Å²) in [5.74, 6) is -0.702. The van der Waals surface area contributed by atoms with Gasteiger partial charge in [0.05, 0.1) is 0 Å². The van der Waals surface area contributed by atoms with Gasteiger partial charge in [0.2, 0.25) is 11.8 Å². The van der Waals surface area contributed by atoms with E-state index in [1.807, 2.05) is 6.92 Å². The number of nitrogens with one attached hydrogen (secondary N) is 2. The highest BCUT2D eigenvalue weighted by atomic mass is 19.1. The fourth-order valence-electron chi connectivity index (χ4n) is 2.82. The molecule has 1 aliphatic rings. The minimum absolute atomic E-state index is 0.0420. The third kappa shape index (κ3) is 5.55. The van der Waals surface area contributed by atoms with Crippen LogP contribution in [-0.2, 0) is 9.59 Å². The predicted molar refractivity (Wildman–Crippen MR) is 91.3 cm³/mol. The van der Waals surface area contributed by atoms with Crippen LogP contribution in [0.4, 0.5) is 4.39 Å². The van der Waals surface area contributed by atoms with Crippen molar-refractivity contribution in [3.05, 3.63) is 35.6 Å². The second-order valence-electron chi connectivity index (χ2n) is 6.06. The predicted octanol–water partition coefficient (Wildman–Crippen LogP) is 1.32. The number of piperidine rings is 1. The second kappa shape index (κ2) is 9.15. The number of carbonyl (C=O) groups excluding carboxylic acids is 3. The van der Waals surface area contributed by atoms with Crippen molar-refractivity contribution in [1.29, 1.82) is 0 Å². The van der Waals surface area contributed by atoms with E-state index in [0.29, 0.717) is 51.0 Å². The van der Waals surface area contributed by atoms with Crippen molar-refractivity contribution in [1.82, 2.24) is 15.5 Å². The van der Waals surface area contributed by atoms with E-state index < -0.39 is 5.82 Å². The van der Waals surface area contributed by atoms with Gasteiger partial charge in [-0.1, -0.05) is 6.92 Å². The number of hydrogen-bond acceptors (Lipinski definition) is 3. The van der Waals surface area contributed by atoms with E-state index in [0.717, 1.165) is 0 Å². The number of nitrogens with zero attached hydrogens (tertiary/aromatic N) is 1. The number of amides is 3. The Hall–Kier alpha value is -2.44. The molecule has 25 heavy (non-hydrogen) atoms. The highest BCUT2D eigenvalue weighted by Crippen LogP contribution is 2.17. The van der Waals surface area contributed by atoms with Gasteiger partial charge < -0.3 is 15.5 Å². The lowest BCUT2D eigenvalue weighted by Gasteiger charge is -2.31. The maximum atomic E-state index is 12.8. The van der Waals surface area contributed by atoms with Crippen molar-refractivity contribution in [2.24, 2.45) is 5.92 Å². The number of halogens is 1. The molecule has 7 heteroatoms. The van der Waals surface area contributed by atoms with E-state index >= 15 is 0 Å². The van der Waals surface area contributed by atoms with Gasteiger partial charge in [-0.3, -0.25) is 14.4 Å². The summed E-state index contributed by atoms with van der Waals surface area (Å²) in [7, 11) is 0. The lowest BCUT2D eigenvalue weighted by Crippen LogP contribution is -2.44. The molecule has 0 spiro atoms. The first kappa shape index (κ1) is 18.9. The van der Waals surface area contributed by atoms with Crippen LogP contribution in [0.2, 0.25) is 0 Å². The molecule has 1 fully saturated rings. The number of likely N-dealkylation sites (tertiary alicyclic amines) is 1. The molecule has 0 unspecified atom stereocenters. The standard InChI is InChI=1S/C18H24FN3O3/c1-2-16(23)22-11-7-14(8-12-22)18(25)21-10-9-20-17(24)13-3-5-15(19)6-4-13/h3-6,14H,2,7-12H2,1H3,(H,20,24)(H,21,25). The molecule has 0 bridgehead atoms. The fourth-order valence-corrected chi connectivity index (χ4v) is 2.82. The second-order valence-corrected chi connectivity index (χ2v) is 6.06. The van der Waals surface area contributed by atoms with Crippen molar-refractivity contribution in [3.8, 4) is 0 Å². The van der Waals surface area contributed by atoms with Crippen LogP contribution in [0.5, 0.6) is 0 Å². The number of benzene rings is 1. The Balaban J connectivity index is 1.65. The van der Waals surface area contributed by atoms with Crippen LogP contribution in [0.1, 0.15) is 36.5 Å². The van der Waals surface area contributed by atoms with Crippen molar-refractivity contribution >= 4 is 17.7 Å². The van der Waals surface area contributed by atoms with Gasteiger partial charge in [0, 0.05) is 44.1 Å². The number of rotatable bonds is 6. The average Bonchev–Trinajstić information content (AvgIpc) is 2.65. The highest BCUT2D eigenvalue weighted by Gasteiger charge is 2.26. The molecule has 0 radical (unpaired) electrons. The van der Waals surface area contributed by atoms with E-state index in [4.69, 9.17) is 0 Å². The van der Waals surface area contributed by atoms with Crippen LogP contribution >= 0.6 is 0 Å². The van der Waals surface area contributed by atoms with E-state index in [1.165, 1.54) is 24.3 Å². The molecule has 1 aliphatic heterocycles. The van der Waals surface area contributed by atoms with Crippen LogP contribution < -0.4 is 10.6 Å². The molecular formula is C18H24FN3O3. The molecule has 3 amide bonds. The number of carbonyl (C=O) groups is 3. The molecule has 0 aliphatic carbocycles. The van der Waals surface area contributed by atoms with Gasteiger partial charge >= 0.3 is 0 Å². The first-order valence-electron chi connectivity index (χ1n) is 8.60. The largest absolute Gasteiger partial charge is 0.354 e. The summed E-state index contributed by atoms with van der Waals surface area (Å²) in [6.07, 6.45) is 1.82. The lowest BCUT2D eigenvalue weighted by molar-refractivity contribution is -0.135. The van der Waals surface area contributed by atoms with Gasteiger partial charge in [-0.05, 0) is 37.1 Å². The normalized spacial score (nSPS) is 14.9. The smallest absolute Gasteiger partial charge is 0.251 e. The molecule has 1 heterocycles. The lowest BCUT2D eigenvalue weighted by atomic mass is 9.95. The van der Waals surface area contributed by atoms with Gasteiger partial charge in [0.25, 0.3) is 5.91 Å². The molecule has 2 N–H and O–H groups in total. The number of hydrogen-bond donors (Lipinski definition) is 2. The van der Waals surface area contributed by atoms with Gasteiger partial charge in [0.1, 0.15) is 5.82 Å². The Kier molecular flexibility index (Phi) is 6.91. The van der Waals surface area contributed by atoms with Gasteiger partial charge in [0.15, 0.2) is 0 Å². The highest BCUT2D eigenvalue weighted by molar-refractivity contribution is 5.94. The zero-order valence-electron chi connectivity index (χ0n) is 14.4. The molecule has 0 aromatic heterocycles. The van der Waals surface area contributed by atoms with Crippen LogP contribution in [0.3, 0.4) is 0 Å². The summed E-state index contributed by atoms with van der Waals surface area (Å²) in [4.78, 5) is 37.4. The third-order valence-corrected chi connectivity index (χ3v) is 4.34. The SMILES string of the molecule is CCC(=O)N1CCC(C(=O)NCCNC(=O)c2ccc(F)cc2)CC1.